The Bertz CT molecular complexity index is 393. The Morgan fingerprint density at radius 1 is 1.30 bits per heavy atom. The monoisotopic (exact) mass is 361 g/mol. The number of nitrogens with one attached hydrogen (secondary N) is 1. The fourth-order valence-corrected chi connectivity index (χ4v) is 4.00. The van der Waals surface area contributed by atoms with Crippen LogP contribution in [0, 0.1) is 0 Å². The van der Waals surface area contributed by atoms with Gasteiger partial charge in [-0.25, -0.2) is 0 Å². The number of hydrogen-bond acceptors (Lipinski definition) is 3. The molecule has 116 valence electrons. The van der Waals surface area contributed by atoms with Crippen molar-refractivity contribution in [2.45, 2.75) is 59.5 Å². The van der Waals surface area contributed by atoms with E-state index in [-0.39, 0.29) is 0 Å². The first-order valence-corrected chi connectivity index (χ1v) is 9.67. The maximum atomic E-state index is 4.69. The number of hydrogen-bond donors (Lipinski definition) is 1. The molecule has 0 saturated carbocycles. The van der Waals surface area contributed by atoms with Crippen molar-refractivity contribution in [3.05, 3.63) is 15.9 Å². The summed E-state index contributed by atoms with van der Waals surface area (Å²) in [7, 11) is 0. The predicted molar refractivity (Wildman–Crippen MR) is 93.8 cm³/mol. The molecule has 0 amide bonds. The predicted octanol–water partition coefficient (Wildman–Crippen LogP) is 3.89. The zero-order valence-electron chi connectivity index (χ0n) is 13.2. The molecule has 0 spiro atoms. The topological polar surface area (TPSA) is 29.9 Å². The normalized spacial score (nSPS) is 12.8. The first-order valence-electron chi connectivity index (χ1n) is 7.72. The molecule has 0 bridgehead atoms. The minimum absolute atomic E-state index is 0.527. The molecule has 1 N–H and O–H groups in total. The van der Waals surface area contributed by atoms with Gasteiger partial charge in [-0.05, 0) is 48.0 Å². The van der Waals surface area contributed by atoms with Crippen molar-refractivity contribution in [3.8, 4) is 0 Å². The van der Waals surface area contributed by atoms with E-state index in [4.69, 9.17) is 5.10 Å². The maximum absolute atomic E-state index is 4.69. The van der Waals surface area contributed by atoms with Crippen LogP contribution in [0.15, 0.2) is 4.47 Å². The van der Waals surface area contributed by atoms with Gasteiger partial charge in [0, 0.05) is 24.8 Å². The summed E-state index contributed by atoms with van der Waals surface area (Å²) in [5.41, 5.74) is 2.52. The van der Waals surface area contributed by atoms with Crippen LogP contribution in [0.3, 0.4) is 0 Å². The van der Waals surface area contributed by atoms with Crippen LogP contribution < -0.4 is 5.32 Å². The third-order valence-corrected chi connectivity index (χ3v) is 5.54. The number of rotatable bonds is 10. The van der Waals surface area contributed by atoms with Crippen LogP contribution in [0.5, 0.6) is 0 Å². The highest BCUT2D eigenvalue weighted by Gasteiger charge is 2.18. The van der Waals surface area contributed by atoms with Gasteiger partial charge in [-0.15, -0.1) is 0 Å². The second-order valence-corrected chi connectivity index (χ2v) is 6.85. The highest BCUT2D eigenvalue weighted by atomic mass is 79.9. The second-order valence-electron chi connectivity index (χ2n) is 4.91. The lowest BCUT2D eigenvalue weighted by atomic mass is 10.1. The summed E-state index contributed by atoms with van der Waals surface area (Å²) in [5.74, 6) is 2.42. The van der Waals surface area contributed by atoms with Crippen LogP contribution >= 0.6 is 27.7 Å². The molecule has 0 aromatic carbocycles. The van der Waals surface area contributed by atoms with Gasteiger partial charge in [0.05, 0.1) is 15.9 Å². The molecule has 0 fully saturated rings. The molecular weight excluding hydrogens is 334 g/mol. The van der Waals surface area contributed by atoms with Gasteiger partial charge in [0.1, 0.15) is 0 Å². The maximum Gasteiger partial charge on any atom is 0.0766 e. The molecular formula is C15H28BrN3S. The standard InChI is InChI=1S/C15H28BrN3S/c1-5-9-20-11-12(17-7-3)10-14-15(16)13(6-2)18-19(14)8-4/h12,17H,5-11H2,1-4H3. The molecule has 1 heterocycles. The van der Waals surface area contributed by atoms with Crippen molar-refractivity contribution in [1.82, 2.24) is 15.1 Å². The number of likely N-dealkylation sites (N-methyl/N-ethyl adjacent to an activating group) is 1. The average molecular weight is 362 g/mol. The molecule has 1 aromatic heterocycles. The van der Waals surface area contributed by atoms with Crippen molar-refractivity contribution >= 4 is 27.7 Å². The number of nitrogens with zero attached hydrogens (tertiary/aromatic N) is 2. The van der Waals surface area contributed by atoms with Crippen LogP contribution in [0.25, 0.3) is 0 Å². The third kappa shape index (κ3) is 5.08. The zero-order chi connectivity index (χ0) is 15.0. The number of aromatic nitrogens is 2. The molecule has 1 unspecified atom stereocenters. The Balaban J connectivity index is 2.78. The SMILES string of the molecule is CCCSCC(Cc1c(Br)c(CC)nn1CC)NCC. The van der Waals surface area contributed by atoms with E-state index in [1.165, 1.54) is 33.8 Å². The van der Waals surface area contributed by atoms with Crippen LogP contribution in [-0.2, 0) is 19.4 Å². The largest absolute Gasteiger partial charge is 0.313 e. The van der Waals surface area contributed by atoms with Gasteiger partial charge in [-0.3, -0.25) is 4.68 Å². The lowest BCUT2D eigenvalue weighted by molar-refractivity contribution is 0.532. The summed E-state index contributed by atoms with van der Waals surface area (Å²) in [6, 6.07) is 0.527. The molecule has 0 aliphatic rings. The van der Waals surface area contributed by atoms with Crippen molar-refractivity contribution in [2.24, 2.45) is 0 Å². The van der Waals surface area contributed by atoms with Crippen LogP contribution in [0.4, 0.5) is 0 Å². The molecule has 5 heteroatoms. The van der Waals surface area contributed by atoms with E-state index in [9.17, 15) is 0 Å². The van der Waals surface area contributed by atoms with E-state index in [1.807, 2.05) is 11.8 Å². The van der Waals surface area contributed by atoms with E-state index < -0.39 is 0 Å². The highest BCUT2D eigenvalue weighted by molar-refractivity contribution is 9.10. The van der Waals surface area contributed by atoms with Gasteiger partial charge in [0.2, 0.25) is 0 Å². The minimum Gasteiger partial charge on any atom is -0.313 e. The number of halogens is 1. The van der Waals surface area contributed by atoms with Crippen molar-refractivity contribution in [1.29, 1.82) is 0 Å². The minimum atomic E-state index is 0.527. The van der Waals surface area contributed by atoms with Crippen molar-refractivity contribution < 1.29 is 0 Å². The molecule has 0 aliphatic heterocycles. The number of aryl methyl sites for hydroxylation is 2. The third-order valence-electron chi connectivity index (χ3n) is 3.29. The zero-order valence-corrected chi connectivity index (χ0v) is 15.6. The second kappa shape index (κ2) is 9.85. The lowest BCUT2D eigenvalue weighted by Gasteiger charge is -2.18. The molecule has 1 atom stereocenters. The Kier molecular flexibility index (Phi) is 8.89. The van der Waals surface area contributed by atoms with E-state index in [0.29, 0.717) is 6.04 Å². The summed E-state index contributed by atoms with van der Waals surface area (Å²) in [6.07, 6.45) is 3.28. The Labute approximate surface area is 136 Å². The van der Waals surface area contributed by atoms with Crippen molar-refractivity contribution in [3.63, 3.8) is 0 Å². The quantitative estimate of drug-likeness (QED) is 0.641. The molecule has 0 radical (unpaired) electrons. The van der Waals surface area contributed by atoms with Gasteiger partial charge in [0.25, 0.3) is 0 Å². The van der Waals surface area contributed by atoms with E-state index in [1.54, 1.807) is 0 Å². The van der Waals surface area contributed by atoms with Crippen LogP contribution in [0.2, 0.25) is 0 Å². The summed E-state index contributed by atoms with van der Waals surface area (Å²) in [4.78, 5) is 0. The fourth-order valence-electron chi connectivity index (χ4n) is 2.29. The van der Waals surface area contributed by atoms with Gasteiger partial charge in [-0.1, -0.05) is 20.8 Å². The summed E-state index contributed by atoms with van der Waals surface area (Å²) >= 11 is 5.79. The Morgan fingerprint density at radius 3 is 2.60 bits per heavy atom. The first-order chi connectivity index (χ1) is 9.67. The molecule has 1 aromatic rings. The smallest absolute Gasteiger partial charge is 0.0766 e. The van der Waals surface area contributed by atoms with Gasteiger partial charge >= 0.3 is 0 Å². The Hall–Kier alpha value is -0.0000000000000000763. The lowest BCUT2D eigenvalue weighted by Crippen LogP contribution is -2.34. The van der Waals surface area contributed by atoms with Crippen molar-refractivity contribution in [2.75, 3.05) is 18.1 Å². The van der Waals surface area contributed by atoms with E-state index in [2.05, 4.69) is 53.6 Å². The molecule has 0 aliphatic carbocycles. The van der Waals surface area contributed by atoms with E-state index in [0.717, 1.165) is 25.9 Å². The summed E-state index contributed by atoms with van der Waals surface area (Å²) < 4.78 is 3.36. The molecule has 20 heavy (non-hydrogen) atoms. The number of thioether (sulfide) groups is 1. The summed E-state index contributed by atoms with van der Waals surface area (Å²) in [5, 5.41) is 8.30. The van der Waals surface area contributed by atoms with Gasteiger partial charge in [0.15, 0.2) is 0 Å². The first kappa shape index (κ1) is 18.1. The Morgan fingerprint density at radius 2 is 2.05 bits per heavy atom. The molecule has 3 nitrogen and oxygen atoms in total. The van der Waals surface area contributed by atoms with E-state index >= 15 is 0 Å². The molecule has 0 saturated heterocycles. The average Bonchev–Trinajstić information content (AvgIpc) is 2.75. The highest BCUT2D eigenvalue weighted by Crippen LogP contribution is 2.24. The summed E-state index contributed by atoms with van der Waals surface area (Å²) in [6.45, 7) is 10.7. The molecule has 1 rings (SSSR count). The van der Waals surface area contributed by atoms with Crippen LogP contribution in [-0.4, -0.2) is 33.9 Å². The fraction of sp³-hybridized carbons (Fsp3) is 0.800. The van der Waals surface area contributed by atoms with Crippen LogP contribution in [0.1, 0.15) is 45.5 Å². The van der Waals surface area contributed by atoms with Gasteiger partial charge in [-0.2, -0.15) is 16.9 Å². The van der Waals surface area contributed by atoms with Gasteiger partial charge < -0.3 is 5.32 Å².